The molecular weight excluding hydrogens is 212 g/mol. The van der Waals surface area contributed by atoms with Gasteiger partial charge >= 0.3 is 0 Å². The van der Waals surface area contributed by atoms with Crippen molar-refractivity contribution < 1.29 is 4.42 Å². The van der Waals surface area contributed by atoms with E-state index in [4.69, 9.17) is 10.2 Å². The van der Waals surface area contributed by atoms with Gasteiger partial charge in [-0.05, 0) is 6.92 Å². The van der Waals surface area contributed by atoms with Gasteiger partial charge in [0.05, 0.1) is 12.2 Å². The maximum atomic E-state index is 5.65. The summed E-state index contributed by atoms with van der Waals surface area (Å²) in [5.74, 6) is 1.33. The summed E-state index contributed by atoms with van der Waals surface area (Å²) in [6.07, 6.45) is 1.70. The standard InChI is InChI=1S/C11H12N2O.ClH/c1-8(12)11-13-7-10(14-11)9-5-3-2-4-6-9;/h2-8H,12H2,1H3;1H. The molecule has 0 fully saturated rings. The summed E-state index contributed by atoms with van der Waals surface area (Å²) < 4.78 is 5.50. The highest BCUT2D eigenvalue weighted by Gasteiger charge is 2.08. The molecule has 0 saturated carbocycles. The molecule has 0 aliphatic carbocycles. The van der Waals surface area contributed by atoms with Gasteiger partial charge < -0.3 is 10.2 Å². The summed E-state index contributed by atoms with van der Waals surface area (Å²) in [5.41, 5.74) is 6.67. The first-order valence-corrected chi connectivity index (χ1v) is 4.54. The molecule has 1 aromatic carbocycles. The van der Waals surface area contributed by atoms with Gasteiger partial charge in [0.2, 0.25) is 5.89 Å². The first-order chi connectivity index (χ1) is 6.77. The van der Waals surface area contributed by atoms with Crippen LogP contribution in [0.15, 0.2) is 40.9 Å². The van der Waals surface area contributed by atoms with Crippen LogP contribution in [0.4, 0.5) is 0 Å². The van der Waals surface area contributed by atoms with Crippen LogP contribution in [0, 0.1) is 0 Å². The Labute approximate surface area is 94.7 Å². The third-order valence-electron chi connectivity index (χ3n) is 1.97. The first kappa shape index (κ1) is 11.8. The van der Waals surface area contributed by atoms with Gasteiger partial charge in [0, 0.05) is 5.56 Å². The first-order valence-electron chi connectivity index (χ1n) is 4.54. The summed E-state index contributed by atoms with van der Waals surface area (Å²) in [7, 11) is 0. The molecule has 1 unspecified atom stereocenters. The summed E-state index contributed by atoms with van der Waals surface area (Å²) >= 11 is 0. The molecule has 0 aliphatic rings. The number of nitrogens with two attached hydrogens (primary N) is 1. The van der Waals surface area contributed by atoms with Crippen molar-refractivity contribution in [2.75, 3.05) is 0 Å². The minimum Gasteiger partial charge on any atom is -0.439 e. The third-order valence-corrected chi connectivity index (χ3v) is 1.97. The Balaban J connectivity index is 0.00000112. The number of halogens is 1. The Morgan fingerprint density at radius 3 is 2.47 bits per heavy atom. The van der Waals surface area contributed by atoms with E-state index in [0.29, 0.717) is 5.89 Å². The maximum absolute atomic E-state index is 5.65. The van der Waals surface area contributed by atoms with E-state index in [9.17, 15) is 0 Å². The molecule has 15 heavy (non-hydrogen) atoms. The summed E-state index contributed by atoms with van der Waals surface area (Å²) in [4.78, 5) is 4.10. The average molecular weight is 225 g/mol. The van der Waals surface area contributed by atoms with Crippen molar-refractivity contribution in [3.05, 3.63) is 42.4 Å². The molecule has 2 rings (SSSR count). The quantitative estimate of drug-likeness (QED) is 0.854. The normalized spacial score (nSPS) is 11.9. The second-order valence-electron chi connectivity index (χ2n) is 3.22. The van der Waals surface area contributed by atoms with Crippen LogP contribution in [-0.2, 0) is 0 Å². The second kappa shape index (κ2) is 4.96. The zero-order chi connectivity index (χ0) is 9.97. The molecular formula is C11H13ClN2O. The van der Waals surface area contributed by atoms with E-state index in [1.165, 1.54) is 0 Å². The highest BCUT2D eigenvalue weighted by molar-refractivity contribution is 5.85. The monoisotopic (exact) mass is 224 g/mol. The van der Waals surface area contributed by atoms with Crippen LogP contribution < -0.4 is 5.73 Å². The maximum Gasteiger partial charge on any atom is 0.211 e. The predicted molar refractivity (Wildman–Crippen MR) is 61.8 cm³/mol. The molecule has 2 aromatic rings. The minimum absolute atomic E-state index is 0. The highest BCUT2D eigenvalue weighted by atomic mass is 35.5. The Bertz CT molecular complexity index is 412. The molecule has 80 valence electrons. The Kier molecular flexibility index (Phi) is 3.88. The van der Waals surface area contributed by atoms with E-state index >= 15 is 0 Å². The second-order valence-corrected chi connectivity index (χ2v) is 3.22. The number of hydrogen-bond donors (Lipinski definition) is 1. The molecule has 0 aliphatic heterocycles. The van der Waals surface area contributed by atoms with Gasteiger partial charge in [0.1, 0.15) is 0 Å². The molecule has 0 saturated heterocycles. The fraction of sp³-hybridized carbons (Fsp3) is 0.182. The molecule has 2 N–H and O–H groups in total. The number of benzene rings is 1. The van der Waals surface area contributed by atoms with E-state index in [1.54, 1.807) is 6.20 Å². The number of nitrogens with zero attached hydrogens (tertiary/aromatic N) is 1. The lowest BCUT2D eigenvalue weighted by Gasteiger charge is -1.97. The fourth-order valence-corrected chi connectivity index (χ4v) is 1.23. The van der Waals surface area contributed by atoms with E-state index < -0.39 is 0 Å². The Morgan fingerprint density at radius 1 is 1.27 bits per heavy atom. The average Bonchev–Trinajstić information content (AvgIpc) is 2.68. The van der Waals surface area contributed by atoms with Crippen LogP contribution in [0.25, 0.3) is 11.3 Å². The van der Waals surface area contributed by atoms with Gasteiger partial charge in [-0.1, -0.05) is 30.3 Å². The zero-order valence-electron chi connectivity index (χ0n) is 8.38. The lowest BCUT2D eigenvalue weighted by atomic mass is 10.2. The lowest BCUT2D eigenvalue weighted by molar-refractivity contribution is 0.473. The van der Waals surface area contributed by atoms with Crippen molar-refractivity contribution in [1.29, 1.82) is 0 Å². The fourth-order valence-electron chi connectivity index (χ4n) is 1.23. The SMILES string of the molecule is CC(N)c1ncc(-c2ccccc2)o1.Cl. The predicted octanol–water partition coefficient (Wildman–Crippen LogP) is 2.78. The van der Waals surface area contributed by atoms with Crippen LogP contribution in [0.5, 0.6) is 0 Å². The van der Waals surface area contributed by atoms with Gasteiger partial charge in [-0.15, -0.1) is 12.4 Å². The largest absolute Gasteiger partial charge is 0.439 e. The Morgan fingerprint density at radius 2 is 1.93 bits per heavy atom. The van der Waals surface area contributed by atoms with Crippen molar-refractivity contribution in [2.45, 2.75) is 13.0 Å². The van der Waals surface area contributed by atoms with Crippen LogP contribution >= 0.6 is 12.4 Å². The summed E-state index contributed by atoms with van der Waals surface area (Å²) in [6, 6.07) is 9.68. The van der Waals surface area contributed by atoms with Crippen molar-refractivity contribution in [3.63, 3.8) is 0 Å². The van der Waals surface area contributed by atoms with Crippen LogP contribution in [0.1, 0.15) is 18.9 Å². The Hall–Kier alpha value is -1.32. The molecule has 0 spiro atoms. The van der Waals surface area contributed by atoms with Gasteiger partial charge in [-0.25, -0.2) is 4.98 Å². The number of hydrogen-bond acceptors (Lipinski definition) is 3. The number of aromatic nitrogens is 1. The van der Waals surface area contributed by atoms with Crippen molar-refractivity contribution in [1.82, 2.24) is 4.98 Å². The smallest absolute Gasteiger partial charge is 0.211 e. The van der Waals surface area contributed by atoms with Gasteiger partial charge in [-0.3, -0.25) is 0 Å². The lowest BCUT2D eigenvalue weighted by Crippen LogP contribution is -2.04. The molecule has 0 bridgehead atoms. The van der Waals surface area contributed by atoms with E-state index in [0.717, 1.165) is 11.3 Å². The van der Waals surface area contributed by atoms with Gasteiger partial charge in [0.15, 0.2) is 5.76 Å². The topological polar surface area (TPSA) is 52.0 Å². The van der Waals surface area contributed by atoms with Crippen molar-refractivity contribution in [3.8, 4) is 11.3 Å². The minimum atomic E-state index is -0.160. The van der Waals surface area contributed by atoms with Gasteiger partial charge in [0.25, 0.3) is 0 Å². The van der Waals surface area contributed by atoms with Crippen LogP contribution in [0.2, 0.25) is 0 Å². The molecule has 0 radical (unpaired) electrons. The number of rotatable bonds is 2. The summed E-state index contributed by atoms with van der Waals surface area (Å²) in [5, 5.41) is 0. The molecule has 3 nitrogen and oxygen atoms in total. The molecule has 0 amide bonds. The van der Waals surface area contributed by atoms with E-state index in [1.807, 2.05) is 37.3 Å². The zero-order valence-corrected chi connectivity index (χ0v) is 9.20. The molecule has 4 heteroatoms. The van der Waals surface area contributed by atoms with E-state index in [-0.39, 0.29) is 18.4 Å². The molecule has 1 heterocycles. The third kappa shape index (κ3) is 2.58. The van der Waals surface area contributed by atoms with E-state index in [2.05, 4.69) is 4.98 Å². The van der Waals surface area contributed by atoms with Crippen molar-refractivity contribution >= 4 is 12.4 Å². The van der Waals surface area contributed by atoms with Crippen LogP contribution in [-0.4, -0.2) is 4.98 Å². The molecule has 1 aromatic heterocycles. The highest BCUT2D eigenvalue weighted by Crippen LogP contribution is 2.21. The summed E-state index contributed by atoms with van der Waals surface area (Å²) in [6.45, 7) is 1.85. The number of oxazole rings is 1. The van der Waals surface area contributed by atoms with Gasteiger partial charge in [-0.2, -0.15) is 0 Å². The van der Waals surface area contributed by atoms with Crippen LogP contribution in [0.3, 0.4) is 0 Å². The molecule has 1 atom stereocenters. The van der Waals surface area contributed by atoms with Crippen molar-refractivity contribution in [2.24, 2.45) is 5.73 Å².